The van der Waals surface area contributed by atoms with Crippen LogP contribution in [-0.2, 0) is 23.9 Å². The number of fused-ring (bicyclic) bond motifs is 1. The maximum absolute atomic E-state index is 13.5. The number of likely N-dealkylation sites (tertiary alicyclic amines) is 1. The second kappa shape index (κ2) is 8.83. The van der Waals surface area contributed by atoms with Gasteiger partial charge in [0.1, 0.15) is 11.6 Å². The van der Waals surface area contributed by atoms with Gasteiger partial charge in [0, 0.05) is 19.2 Å². The van der Waals surface area contributed by atoms with E-state index < -0.39 is 29.4 Å². The number of esters is 1. The Kier molecular flexibility index (Phi) is 6.34. The number of ether oxygens (including phenoxy) is 2. The Bertz CT molecular complexity index is 679. The van der Waals surface area contributed by atoms with Crippen molar-refractivity contribution in [3.05, 3.63) is 0 Å². The number of aliphatic hydroxyl groups is 1. The molecular weight excluding hydrogens is 388 g/mol. The molecule has 2 bridgehead atoms. The zero-order valence-electron chi connectivity index (χ0n) is 17.8. The fourth-order valence-electron chi connectivity index (χ4n) is 6.12. The van der Waals surface area contributed by atoms with Gasteiger partial charge in [0.25, 0.3) is 0 Å². The smallest absolute Gasteiger partial charge is 0.312 e. The summed E-state index contributed by atoms with van der Waals surface area (Å²) in [5.74, 6) is -2.04. The summed E-state index contributed by atoms with van der Waals surface area (Å²) in [7, 11) is 0. The van der Waals surface area contributed by atoms with Crippen LogP contribution in [0.5, 0.6) is 0 Å². The van der Waals surface area contributed by atoms with Crippen LogP contribution in [0.25, 0.3) is 0 Å². The zero-order valence-corrected chi connectivity index (χ0v) is 17.8. The van der Waals surface area contributed by atoms with Crippen molar-refractivity contribution in [1.29, 1.82) is 0 Å². The third-order valence-electron chi connectivity index (χ3n) is 7.37. The third kappa shape index (κ3) is 3.51. The number of nitrogens with one attached hydrogen (secondary N) is 1. The Morgan fingerprint density at radius 3 is 2.70 bits per heavy atom. The minimum absolute atomic E-state index is 0.0412. The highest BCUT2D eigenvalue weighted by Gasteiger charge is 2.74. The summed E-state index contributed by atoms with van der Waals surface area (Å²) in [6, 6.07) is -0.587. The molecule has 0 radical (unpaired) electrons. The Labute approximate surface area is 177 Å². The molecule has 5 atom stereocenters. The molecule has 0 aromatic carbocycles. The SMILES string of the molecule is CCOC(=O)[C@@H]1[C@H]2C(=O)N(CCCCO)C(C(=O)NC3CCCCC3)C23CC[C@H]1O3. The van der Waals surface area contributed by atoms with Gasteiger partial charge in [-0.3, -0.25) is 14.4 Å². The van der Waals surface area contributed by atoms with E-state index in [0.29, 0.717) is 32.2 Å². The summed E-state index contributed by atoms with van der Waals surface area (Å²) >= 11 is 0. The highest BCUT2D eigenvalue weighted by atomic mass is 16.6. The van der Waals surface area contributed by atoms with Crippen LogP contribution in [-0.4, -0.2) is 71.3 Å². The van der Waals surface area contributed by atoms with Crippen LogP contribution in [0.2, 0.25) is 0 Å². The molecule has 8 nitrogen and oxygen atoms in total. The summed E-state index contributed by atoms with van der Waals surface area (Å²) in [5, 5.41) is 12.4. The first-order chi connectivity index (χ1) is 14.5. The number of amides is 2. The molecule has 2 N–H and O–H groups in total. The molecule has 3 heterocycles. The normalized spacial score (nSPS) is 35.5. The fraction of sp³-hybridized carbons (Fsp3) is 0.864. The van der Waals surface area contributed by atoms with Crippen LogP contribution in [0, 0.1) is 11.8 Å². The van der Waals surface area contributed by atoms with Gasteiger partial charge in [-0.25, -0.2) is 0 Å². The Hall–Kier alpha value is -1.67. The lowest BCUT2D eigenvalue weighted by Crippen LogP contribution is -2.57. The Morgan fingerprint density at radius 2 is 2.00 bits per heavy atom. The van der Waals surface area contributed by atoms with Crippen LogP contribution in [0.1, 0.15) is 64.7 Å². The second-order valence-electron chi connectivity index (χ2n) is 9.11. The average molecular weight is 423 g/mol. The number of aliphatic hydroxyl groups excluding tert-OH is 1. The topological polar surface area (TPSA) is 105 Å². The Balaban J connectivity index is 1.60. The molecule has 3 aliphatic heterocycles. The van der Waals surface area contributed by atoms with E-state index >= 15 is 0 Å². The summed E-state index contributed by atoms with van der Waals surface area (Å²) in [6.07, 6.45) is 7.38. The van der Waals surface area contributed by atoms with Gasteiger partial charge in [-0.2, -0.15) is 0 Å². The van der Waals surface area contributed by atoms with Crippen molar-refractivity contribution in [3.8, 4) is 0 Å². The van der Waals surface area contributed by atoms with Gasteiger partial charge in [-0.1, -0.05) is 19.3 Å². The molecule has 30 heavy (non-hydrogen) atoms. The van der Waals surface area contributed by atoms with E-state index in [4.69, 9.17) is 14.6 Å². The van der Waals surface area contributed by atoms with Crippen molar-refractivity contribution in [3.63, 3.8) is 0 Å². The summed E-state index contributed by atoms with van der Waals surface area (Å²) in [6.45, 7) is 2.42. The molecule has 1 spiro atoms. The second-order valence-corrected chi connectivity index (χ2v) is 9.11. The largest absolute Gasteiger partial charge is 0.466 e. The highest BCUT2D eigenvalue weighted by molar-refractivity contribution is 5.98. The van der Waals surface area contributed by atoms with Crippen molar-refractivity contribution in [2.75, 3.05) is 19.8 Å². The standard InChI is InChI=1S/C22H34N2O6/c1-2-29-21(28)16-15-10-11-22(30-15)17(16)20(27)24(12-6-7-13-25)18(22)19(26)23-14-8-4-3-5-9-14/h14-18,25H,2-13H2,1H3,(H,23,26)/t15-,16+,17+,18?,22?/m1/s1. The van der Waals surface area contributed by atoms with Crippen molar-refractivity contribution in [1.82, 2.24) is 10.2 Å². The third-order valence-corrected chi connectivity index (χ3v) is 7.37. The quantitative estimate of drug-likeness (QED) is 0.449. The number of rotatable bonds is 8. The van der Waals surface area contributed by atoms with Gasteiger partial charge in [0.2, 0.25) is 11.8 Å². The highest BCUT2D eigenvalue weighted by Crippen LogP contribution is 2.58. The lowest BCUT2D eigenvalue weighted by molar-refractivity contribution is -0.154. The van der Waals surface area contributed by atoms with Gasteiger partial charge in [0.05, 0.1) is 24.5 Å². The van der Waals surface area contributed by atoms with E-state index in [1.54, 1.807) is 11.8 Å². The summed E-state index contributed by atoms with van der Waals surface area (Å²) < 4.78 is 11.6. The van der Waals surface area contributed by atoms with E-state index in [1.807, 2.05) is 0 Å². The number of nitrogens with zero attached hydrogens (tertiary/aromatic N) is 1. The van der Waals surface area contributed by atoms with Gasteiger partial charge in [0.15, 0.2) is 0 Å². The average Bonchev–Trinajstić information content (AvgIpc) is 3.37. The number of carbonyl (C=O) groups is 3. The zero-order chi connectivity index (χ0) is 21.3. The van der Waals surface area contributed by atoms with Gasteiger partial charge < -0.3 is 24.8 Å². The van der Waals surface area contributed by atoms with Gasteiger partial charge >= 0.3 is 5.97 Å². The van der Waals surface area contributed by atoms with E-state index in [0.717, 1.165) is 25.7 Å². The molecule has 4 fully saturated rings. The number of hydrogen-bond donors (Lipinski definition) is 2. The van der Waals surface area contributed by atoms with Gasteiger partial charge in [-0.05, 0) is 45.4 Å². The lowest BCUT2D eigenvalue weighted by atomic mass is 9.70. The van der Waals surface area contributed by atoms with E-state index in [2.05, 4.69) is 5.32 Å². The number of carbonyl (C=O) groups excluding carboxylic acids is 3. The molecule has 0 aromatic rings. The van der Waals surface area contributed by atoms with Crippen LogP contribution < -0.4 is 5.32 Å². The fourth-order valence-corrected chi connectivity index (χ4v) is 6.12. The summed E-state index contributed by atoms with van der Waals surface area (Å²) in [5.41, 5.74) is -0.947. The molecule has 168 valence electrons. The first-order valence-electron chi connectivity index (χ1n) is 11.6. The van der Waals surface area contributed by atoms with E-state index in [-0.39, 0.29) is 37.2 Å². The maximum atomic E-state index is 13.5. The molecular formula is C22H34N2O6. The van der Waals surface area contributed by atoms with Crippen molar-refractivity contribution < 1.29 is 29.0 Å². The van der Waals surface area contributed by atoms with Crippen molar-refractivity contribution in [2.45, 2.75) is 88.5 Å². The molecule has 2 unspecified atom stereocenters. The molecule has 1 saturated carbocycles. The number of hydrogen-bond acceptors (Lipinski definition) is 6. The van der Waals surface area contributed by atoms with E-state index in [9.17, 15) is 14.4 Å². The van der Waals surface area contributed by atoms with Crippen molar-refractivity contribution >= 4 is 17.8 Å². The number of unbranched alkanes of at least 4 members (excludes halogenated alkanes) is 1. The predicted molar refractivity (Wildman–Crippen MR) is 107 cm³/mol. The van der Waals surface area contributed by atoms with Crippen LogP contribution in [0.4, 0.5) is 0 Å². The molecule has 2 amide bonds. The first kappa shape index (κ1) is 21.6. The molecule has 1 aliphatic carbocycles. The molecule has 0 aromatic heterocycles. The van der Waals surface area contributed by atoms with Crippen molar-refractivity contribution in [2.24, 2.45) is 11.8 Å². The van der Waals surface area contributed by atoms with Gasteiger partial charge in [-0.15, -0.1) is 0 Å². The summed E-state index contributed by atoms with van der Waals surface area (Å²) in [4.78, 5) is 41.3. The lowest BCUT2D eigenvalue weighted by Gasteiger charge is -2.35. The predicted octanol–water partition coefficient (Wildman–Crippen LogP) is 1.15. The maximum Gasteiger partial charge on any atom is 0.312 e. The monoisotopic (exact) mass is 422 g/mol. The van der Waals surface area contributed by atoms with Crippen LogP contribution >= 0.6 is 0 Å². The van der Waals surface area contributed by atoms with Crippen LogP contribution in [0.15, 0.2) is 0 Å². The van der Waals surface area contributed by atoms with E-state index in [1.165, 1.54) is 6.42 Å². The van der Waals surface area contributed by atoms with Crippen LogP contribution in [0.3, 0.4) is 0 Å². The minimum atomic E-state index is -0.947. The first-order valence-corrected chi connectivity index (χ1v) is 11.6. The minimum Gasteiger partial charge on any atom is -0.466 e. The Morgan fingerprint density at radius 1 is 1.23 bits per heavy atom. The molecule has 8 heteroatoms. The molecule has 3 saturated heterocycles. The molecule has 4 rings (SSSR count). The molecule has 4 aliphatic rings.